The van der Waals surface area contributed by atoms with Crippen LogP contribution in [0.5, 0.6) is 11.5 Å². The summed E-state index contributed by atoms with van der Waals surface area (Å²) < 4.78 is 13.3. The number of aromatic nitrogens is 2. The van der Waals surface area contributed by atoms with Crippen LogP contribution in [0.4, 0.5) is 0 Å². The maximum atomic E-state index is 12.2. The molecule has 0 radical (unpaired) electrons. The third kappa shape index (κ3) is 6.66. The minimum Gasteiger partial charge on any atom is -0.497 e. The fourth-order valence-corrected chi connectivity index (χ4v) is 4.28. The number of benzene rings is 3. The summed E-state index contributed by atoms with van der Waals surface area (Å²) in [5.74, 6) is 2.64. The molecule has 0 unspecified atom stereocenters. The molecule has 188 valence electrons. The quantitative estimate of drug-likeness (QED) is 0.265. The van der Waals surface area contributed by atoms with Crippen molar-refractivity contribution in [3.05, 3.63) is 89.2 Å². The predicted molar refractivity (Wildman–Crippen MR) is 144 cm³/mol. The summed E-state index contributed by atoms with van der Waals surface area (Å²) in [5, 5.41) is 2.97. The summed E-state index contributed by atoms with van der Waals surface area (Å²) in [7, 11) is 1.68. The van der Waals surface area contributed by atoms with E-state index in [1.54, 1.807) is 7.11 Å². The molecule has 6 heteroatoms. The lowest BCUT2D eigenvalue weighted by Crippen LogP contribution is -2.29. The molecule has 0 aliphatic carbocycles. The Morgan fingerprint density at radius 3 is 2.58 bits per heavy atom. The maximum Gasteiger partial charge on any atom is 0.257 e. The van der Waals surface area contributed by atoms with Crippen LogP contribution in [0.3, 0.4) is 0 Å². The van der Waals surface area contributed by atoms with Crippen molar-refractivity contribution in [2.75, 3.05) is 20.3 Å². The highest BCUT2D eigenvalue weighted by atomic mass is 16.5. The van der Waals surface area contributed by atoms with Gasteiger partial charge in [-0.25, -0.2) is 4.98 Å². The van der Waals surface area contributed by atoms with Crippen LogP contribution in [0.15, 0.2) is 66.7 Å². The van der Waals surface area contributed by atoms with E-state index in [-0.39, 0.29) is 12.5 Å². The van der Waals surface area contributed by atoms with Gasteiger partial charge in [0.05, 0.1) is 18.1 Å². The standard InChI is InChI=1S/C30H35N3O3/c1-22-12-13-23(2)28(19-22)36-21-30(34)31-18-8-4-5-11-29-32-26-9-6-7-10-27(26)33(29)20-24-14-16-25(35-3)17-15-24/h6-7,9-10,12-17,19H,4-5,8,11,18,20-21H2,1-3H3,(H,31,34). The SMILES string of the molecule is COc1ccc(Cn2c(CCCCCNC(=O)COc3cc(C)ccc3C)nc3ccccc32)cc1. The molecule has 4 aromatic rings. The van der Waals surface area contributed by atoms with Crippen LogP contribution in [0, 0.1) is 13.8 Å². The van der Waals surface area contributed by atoms with Crippen molar-refractivity contribution in [1.29, 1.82) is 0 Å². The van der Waals surface area contributed by atoms with Crippen molar-refractivity contribution >= 4 is 16.9 Å². The van der Waals surface area contributed by atoms with Gasteiger partial charge < -0.3 is 19.4 Å². The van der Waals surface area contributed by atoms with Gasteiger partial charge in [0.25, 0.3) is 5.91 Å². The summed E-state index contributed by atoms with van der Waals surface area (Å²) in [6.45, 7) is 5.46. The van der Waals surface area contributed by atoms with Crippen molar-refractivity contribution in [1.82, 2.24) is 14.9 Å². The lowest BCUT2D eigenvalue weighted by Gasteiger charge is -2.11. The van der Waals surface area contributed by atoms with Gasteiger partial charge in [-0.1, -0.05) is 42.8 Å². The summed E-state index contributed by atoms with van der Waals surface area (Å²) in [6.07, 6.45) is 3.85. The fraction of sp³-hybridized carbons (Fsp3) is 0.333. The first-order chi connectivity index (χ1) is 17.5. The van der Waals surface area contributed by atoms with E-state index in [9.17, 15) is 4.79 Å². The van der Waals surface area contributed by atoms with Crippen LogP contribution in [0.1, 0.15) is 41.8 Å². The van der Waals surface area contributed by atoms with E-state index in [0.29, 0.717) is 6.54 Å². The number of hydrogen-bond acceptors (Lipinski definition) is 4. The molecule has 1 N–H and O–H groups in total. The third-order valence-corrected chi connectivity index (χ3v) is 6.34. The molecule has 0 spiro atoms. The zero-order valence-corrected chi connectivity index (χ0v) is 21.4. The highest BCUT2D eigenvalue weighted by Gasteiger charge is 2.11. The first-order valence-electron chi connectivity index (χ1n) is 12.6. The van der Waals surface area contributed by atoms with Crippen LogP contribution in [-0.4, -0.2) is 35.7 Å². The van der Waals surface area contributed by atoms with Gasteiger partial charge in [-0.15, -0.1) is 0 Å². The third-order valence-electron chi connectivity index (χ3n) is 6.34. The number of carbonyl (C=O) groups excluding carboxylic acids is 1. The number of rotatable bonds is 12. The van der Waals surface area contributed by atoms with E-state index < -0.39 is 0 Å². The van der Waals surface area contributed by atoms with Gasteiger partial charge in [-0.05, 0) is 73.7 Å². The molecule has 0 aliphatic rings. The van der Waals surface area contributed by atoms with Crippen LogP contribution < -0.4 is 14.8 Å². The highest BCUT2D eigenvalue weighted by molar-refractivity contribution is 5.77. The first-order valence-corrected chi connectivity index (χ1v) is 12.6. The zero-order valence-electron chi connectivity index (χ0n) is 21.4. The Balaban J connectivity index is 1.24. The molecular formula is C30H35N3O3. The average Bonchev–Trinajstić information content (AvgIpc) is 3.24. The summed E-state index contributed by atoms with van der Waals surface area (Å²) in [6, 6.07) is 22.5. The number of carbonyl (C=O) groups is 1. The second-order valence-corrected chi connectivity index (χ2v) is 9.17. The molecule has 0 aliphatic heterocycles. The van der Waals surface area contributed by atoms with Gasteiger partial charge in [0.15, 0.2) is 6.61 Å². The number of nitrogens with zero attached hydrogens (tertiary/aromatic N) is 2. The number of unbranched alkanes of at least 4 members (excludes halogenated alkanes) is 2. The Bertz CT molecular complexity index is 1290. The van der Waals surface area contributed by atoms with Gasteiger partial charge in [0, 0.05) is 19.5 Å². The zero-order chi connectivity index (χ0) is 25.3. The number of amides is 1. The average molecular weight is 486 g/mol. The van der Waals surface area contributed by atoms with E-state index in [4.69, 9.17) is 14.5 Å². The number of hydrogen-bond donors (Lipinski definition) is 1. The molecule has 0 atom stereocenters. The van der Waals surface area contributed by atoms with Crippen molar-refractivity contribution in [3.8, 4) is 11.5 Å². The van der Waals surface area contributed by atoms with E-state index >= 15 is 0 Å². The van der Waals surface area contributed by atoms with Crippen LogP contribution >= 0.6 is 0 Å². The van der Waals surface area contributed by atoms with Crippen molar-refractivity contribution in [2.45, 2.75) is 46.1 Å². The van der Waals surface area contributed by atoms with Gasteiger partial charge >= 0.3 is 0 Å². The van der Waals surface area contributed by atoms with Crippen molar-refractivity contribution < 1.29 is 14.3 Å². The lowest BCUT2D eigenvalue weighted by atomic mass is 10.1. The molecule has 1 heterocycles. The molecular weight excluding hydrogens is 450 g/mol. The summed E-state index contributed by atoms with van der Waals surface area (Å²) in [5.41, 5.74) is 5.54. The number of ether oxygens (including phenoxy) is 2. The molecule has 4 rings (SSSR count). The Morgan fingerprint density at radius 2 is 1.78 bits per heavy atom. The molecule has 1 amide bonds. The van der Waals surface area contributed by atoms with Crippen molar-refractivity contribution in [2.24, 2.45) is 0 Å². The van der Waals surface area contributed by atoms with Gasteiger partial charge in [-0.2, -0.15) is 0 Å². The lowest BCUT2D eigenvalue weighted by molar-refractivity contribution is -0.123. The van der Waals surface area contributed by atoms with Gasteiger partial charge in [0.1, 0.15) is 17.3 Å². The number of para-hydroxylation sites is 2. The Morgan fingerprint density at radius 1 is 0.972 bits per heavy atom. The monoisotopic (exact) mass is 485 g/mol. The Kier molecular flexibility index (Phi) is 8.61. The molecule has 0 bridgehead atoms. The minimum atomic E-state index is -0.0859. The molecule has 36 heavy (non-hydrogen) atoms. The summed E-state index contributed by atoms with van der Waals surface area (Å²) >= 11 is 0. The molecule has 0 fully saturated rings. The number of aryl methyl sites for hydroxylation is 3. The van der Waals surface area contributed by atoms with Crippen molar-refractivity contribution in [3.63, 3.8) is 0 Å². The van der Waals surface area contributed by atoms with Gasteiger partial charge in [0.2, 0.25) is 0 Å². The van der Waals surface area contributed by atoms with E-state index in [0.717, 1.165) is 71.7 Å². The Hall–Kier alpha value is -3.80. The molecule has 0 saturated heterocycles. The molecule has 1 aromatic heterocycles. The largest absolute Gasteiger partial charge is 0.497 e. The number of methoxy groups -OCH3 is 1. The van der Waals surface area contributed by atoms with Gasteiger partial charge in [-0.3, -0.25) is 4.79 Å². The molecule has 6 nitrogen and oxygen atoms in total. The molecule has 0 saturated carbocycles. The van der Waals surface area contributed by atoms with E-state index in [1.165, 1.54) is 5.56 Å². The number of nitrogens with one attached hydrogen (secondary N) is 1. The van der Waals surface area contributed by atoms with E-state index in [1.807, 2.05) is 50.2 Å². The first kappa shape index (κ1) is 25.3. The summed E-state index contributed by atoms with van der Waals surface area (Å²) in [4.78, 5) is 17.1. The predicted octanol–water partition coefficient (Wildman–Crippen LogP) is 5.62. The minimum absolute atomic E-state index is 0.0413. The van der Waals surface area contributed by atoms with Crippen LogP contribution in [0.25, 0.3) is 11.0 Å². The Labute approximate surface area is 213 Å². The number of fused-ring (bicyclic) bond motifs is 1. The van der Waals surface area contributed by atoms with E-state index in [2.05, 4.69) is 40.2 Å². The normalized spacial score (nSPS) is 11.0. The molecule has 3 aromatic carbocycles. The number of imidazole rings is 1. The fourth-order valence-electron chi connectivity index (χ4n) is 4.28. The smallest absolute Gasteiger partial charge is 0.257 e. The topological polar surface area (TPSA) is 65.4 Å². The highest BCUT2D eigenvalue weighted by Crippen LogP contribution is 2.21. The second-order valence-electron chi connectivity index (χ2n) is 9.17. The second kappa shape index (κ2) is 12.2. The van der Waals surface area contributed by atoms with Crippen LogP contribution in [-0.2, 0) is 17.8 Å². The maximum absolute atomic E-state index is 12.2. The van der Waals surface area contributed by atoms with Crippen LogP contribution in [0.2, 0.25) is 0 Å².